The molecular formula is C18H30N4O2. The predicted octanol–water partition coefficient (Wildman–Crippen LogP) is 1.55. The summed E-state index contributed by atoms with van der Waals surface area (Å²) >= 11 is 0. The van der Waals surface area contributed by atoms with Gasteiger partial charge in [0.2, 0.25) is 5.91 Å². The van der Waals surface area contributed by atoms with Crippen LogP contribution in [0.4, 0.5) is 0 Å². The zero-order chi connectivity index (χ0) is 16.8. The molecule has 1 aromatic heterocycles. The Balaban J connectivity index is 1.33. The molecule has 1 saturated heterocycles. The minimum atomic E-state index is -0.159. The van der Waals surface area contributed by atoms with Gasteiger partial charge in [-0.05, 0) is 32.1 Å². The van der Waals surface area contributed by atoms with Crippen molar-refractivity contribution in [2.24, 2.45) is 0 Å². The van der Waals surface area contributed by atoms with Gasteiger partial charge in [0.05, 0.1) is 12.4 Å². The highest BCUT2D eigenvalue weighted by molar-refractivity contribution is 5.76. The molecule has 1 aromatic rings. The van der Waals surface area contributed by atoms with Crippen LogP contribution in [-0.4, -0.2) is 56.7 Å². The summed E-state index contributed by atoms with van der Waals surface area (Å²) in [5.41, 5.74) is 0. The molecule has 0 bridgehead atoms. The van der Waals surface area contributed by atoms with Crippen LogP contribution in [0, 0.1) is 0 Å². The van der Waals surface area contributed by atoms with Crippen LogP contribution in [0.3, 0.4) is 0 Å². The van der Waals surface area contributed by atoms with Gasteiger partial charge in [-0.25, -0.2) is 4.98 Å². The number of rotatable bonds is 6. The molecule has 6 heteroatoms. The fourth-order valence-corrected chi connectivity index (χ4v) is 4.03. The SMILES string of the molecule is O=C(CCCn1ccnc1)NC1CCN(C2CCCCC2O)CC1. The summed E-state index contributed by atoms with van der Waals surface area (Å²) in [4.78, 5) is 18.5. The summed E-state index contributed by atoms with van der Waals surface area (Å²) < 4.78 is 2.00. The van der Waals surface area contributed by atoms with E-state index in [2.05, 4.69) is 15.2 Å². The first-order valence-corrected chi connectivity index (χ1v) is 9.39. The Hall–Kier alpha value is -1.40. The highest BCUT2D eigenvalue weighted by Crippen LogP contribution is 2.25. The first-order valence-electron chi connectivity index (χ1n) is 9.39. The number of aliphatic hydroxyl groups is 1. The molecule has 134 valence electrons. The van der Waals surface area contributed by atoms with Crippen molar-refractivity contribution in [1.82, 2.24) is 19.8 Å². The van der Waals surface area contributed by atoms with E-state index in [1.54, 1.807) is 12.5 Å². The number of nitrogens with zero attached hydrogens (tertiary/aromatic N) is 3. The number of hydrogen-bond donors (Lipinski definition) is 2. The maximum Gasteiger partial charge on any atom is 0.220 e. The lowest BCUT2D eigenvalue weighted by molar-refractivity contribution is -0.122. The number of likely N-dealkylation sites (tertiary alicyclic amines) is 1. The Morgan fingerprint density at radius 1 is 1.21 bits per heavy atom. The number of carbonyl (C=O) groups is 1. The van der Waals surface area contributed by atoms with E-state index >= 15 is 0 Å². The highest BCUT2D eigenvalue weighted by atomic mass is 16.3. The molecule has 2 aliphatic rings. The summed E-state index contributed by atoms with van der Waals surface area (Å²) in [6, 6.07) is 0.633. The van der Waals surface area contributed by atoms with Gasteiger partial charge in [-0.1, -0.05) is 12.8 Å². The van der Waals surface area contributed by atoms with Crippen LogP contribution >= 0.6 is 0 Å². The van der Waals surface area contributed by atoms with Crippen LogP contribution in [0.15, 0.2) is 18.7 Å². The number of nitrogens with one attached hydrogen (secondary N) is 1. The predicted molar refractivity (Wildman–Crippen MR) is 92.5 cm³/mol. The van der Waals surface area contributed by atoms with Crippen LogP contribution in [0.25, 0.3) is 0 Å². The average Bonchev–Trinajstić information content (AvgIpc) is 3.10. The maximum atomic E-state index is 12.1. The second-order valence-electron chi connectivity index (χ2n) is 7.20. The Morgan fingerprint density at radius 2 is 2.00 bits per heavy atom. The number of piperidine rings is 1. The molecule has 6 nitrogen and oxygen atoms in total. The Kier molecular flexibility index (Phi) is 6.26. The minimum Gasteiger partial charge on any atom is -0.391 e. The number of imidazole rings is 1. The van der Waals surface area contributed by atoms with Gasteiger partial charge in [-0.15, -0.1) is 0 Å². The van der Waals surface area contributed by atoms with Crippen LogP contribution < -0.4 is 5.32 Å². The van der Waals surface area contributed by atoms with Gasteiger partial charge in [0.1, 0.15) is 0 Å². The average molecular weight is 334 g/mol. The fourth-order valence-electron chi connectivity index (χ4n) is 4.03. The lowest BCUT2D eigenvalue weighted by Crippen LogP contribution is -2.52. The lowest BCUT2D eigenvalue weighted by atomic mass is 9.89. The molecule has 1 amide bonds. The number of carbonyl (C=O) groups excluding carboxylic acids is 1. The molecule has 1 aliphatic heterocycles. The highest BCUT2D eigenvalue weighted by Gasteiger charge is 2.31. The third kappa shape index (κ3) is 4.80. The van der Waals surface area contributed by atoms with Crippen molar-refractivity contribution in [3.63, 3.8) is 0 Å². The molecule has 2 heterocycles. The zero-order valence-corrected chi connectivity index (χ0v) is 14.4. The van der Waals surface area contributed by atoms with E-state index in [4.69, 9.17) is 0 Å². The monoisotopic (exact) mass is 334 g/mol. The summed E-state index contributed by atoms with van der Waals surface area (Å²) in [6.07, 6.45) is 13.2. The molecule has 2 unspecified atom stereocenters. The van der Waals surface area contributed by atoms with Crippen LogP contribution in [0.1, 0.15) is 51.4 Å². The molecule has 0 aromatic carbocycles. The van der Waals surface area contributed by atoms with Crippen molar-refractivity contribution >= 4 is 5.91 Å². The number of hydrogen-bond acceptors (Lipinski definition) is 4. The number of aliphatic hydroxyl groups excluding tert-OH is 1. The normalized spacial score (nSPS) is 26.4. The molecule has 1 aliphatic carbocycles. The van der Waals surface area contributed by atoms with Gasteiger partial charge in [-0.3, -0.25) is 9.69 Å². The topological polar surface area (TPSA) is 70.4 Å². The molecular weight excluding hydrogens is 304 g/mol. The molecule has 2 fully saturated rings. The Morgan fingerprint density at radius 3 is 2.71 bits per heavy atom. The van der Waals surface area contributed by atoms with Crippen LogP contribution in [0.5, 0.6) is 0 Å². The lowest BCUT2D eigenvalue weighted by Gasteiger charge is -2.41. The molecule has 0 spiro atoms. The largest absolute Gasteiger partial charge is 0.391 e. The zero-order valence-electron chi connectivity index (χ0n) is 14.4. The minimum absolute atomic E-state index is 0.159. The molecule has 0 radical (unpaired) electrons. The van der Waals surface area contributed by atoms with Crippen molar-refractivity contribution in [2.75, 3.05) is 13.1 Å². The van der Waals surface area contributed by atoms with E-state index in [9.17, 15) is 9.90 Å². The van der Waals surface area contributed by atoms with E-state index < -0.39 is 0 Å². The van der Waals surface area contributed by atoms with Crippen molar-refractivity contribution < 1.29 is 9.90 Å². The first-order chi connectivity index (χ1) is 11.7. The Bertz CT molecular complexity index is 497. The molecule has 1 saturated carbocycles. The molecule has 2 atom stereocenters. The summed E-state index contributed by atoms with van der Waals surface area (Å²) in [5, 5.41) is 13.4. The van der Waals surface area contributed by atoms with Gasteiger partial charge in [0.15, 0.2) is 0 Å². The van der Waals surface area contributed by atoms with Gasteiger partial charge >= 0.3 is 0 Å². The van der Waals surface area contributed by atoms with E-state index in [0.717, 1.165) is 58.2 Å². The quantitative estimate of drug-likeness (QED) is 0.828. The number of amides is 1. The summed E-state index contributed by atoms with van der Waals surface area (Å²) in [7, 11) is 0. The van der Waals surface area contributed by atoms with E-state index in [0.29, 0.717) is 18.5 Å². The van der Waals surface area contributed by atoms with Gasteiger partial charge in [0.25, 0.3) is 0 Å². The standard InChI is InChI=1S/C18H30N4O2/c23-17-5-2-1-4-16(17)22-11-7-15(8-12-22)20-18(24)6-3-10-21-13-9-19-14-21/h9,13-17,23H,1-8,10-12H2,(H,20,24). The Labute approximate surface area is 144 Å². The van der Waals surface area contributed by atoms with Gasteiger partial charge in [0, 0.05) is 50.5 Å². The molecule has 24 heavy (non-hydrogen) atoms. The van der Waals surface area contributed by atoms with E-state index in [1.807, 2.05) is 10.8 Å². The first kappa shape index (κ1) is 17.4. The third-order valence-corrected chi connectivity index (χ3v) is 5.44. The maximum absolute atomic E-state index is 12.1. The summed E-state index contributed by atoms with van der Waals surface area (Å²) in [5.74, 6) is 0.159. The van der Waals surface area contributed by atoms with E-state index in [1.165, 1.54) is 6.42 Å². The third-order valence-electron chi connectivity index (χ3n) is 5.44. The summed E-state index contributed by atoms with van der Waals surface area (Å²) in [6.45, 7) is 2.81. The van der Waals surface area contributed by atoms with Crippen molar-refractivity contribution in [2.45, 2.75) is 76.1 Å². The number of aromatic nitrogens is 2. The second kappa shape index (κ2) is 8.62. The molecule has 3 rings (SSSR count). The van der Waals surface area contributed by atoms with E-state index in [-0.39, 0.29) is 12.0 Å². The van der Waals surface area contributed by atoms with Crippen molar-refractivity contribution in [1.29, 1.82) is 0 Å². The van der Waals surface area contributed by atoms with Gasteiger partial charge < -0.3 is 15.0 Å². The number of aryl methyl sites for hydroxylation is 1. The smallest absolute Gasteiger partial charge is 0.220 e. The fraction of sp³-hybridized carbons (Fsp3) is 0.778. The van der Waals surface area contributed by atoms with Crippen molar-refractivity contribution in [3.8, 4) is 0 Å². The van der Waals surface area contributed by atoms with Crippen molar-refractivity contribution in [3.05, 3.63) is 18.7 Å². The second-order valence-corrected chi connectivity index (χ2v) is 7.20. The molecule has 2 N–H and O–H groups in total. The van der Waals surface area contributed by atoms with Crippen LogP contribution in [0.2, 0.25) is 0 Å². The van der Waals surface area contributed by atoms with Crippen LogP contribution in [-0.2, 0) is 11.3 Å². The van der Waals surface area contributed by atoms with Gasteiger partial charge in [-0.2, -0.15) is 0 Å².